The zero-order chi connectivity index (χ0) is 13.4. The average Bonchev–Trinajstić information content (AvgIpc) is 2.81. The standard InChI is InChI=1S/C12H17NO5/c1-2-17-7-3-4-11(14)13-8-9-5-6-10(18-9)12(15)16/h5-6H,2-4,7-8H2,1H3,(H,13,14)(H,15,16). The molecule has 0 saturated carbocycles. The molecule has 0 radical (unpaired) electrons. The summed E-state index contributed by atoms with van der Waals surface area (Å²) >= 11 is 0. The molecule has 0 saturated heterocycles. The van der Waals surface area contributed by atoms with E-state index in [2.05, 4.69) is 5.32 Å². The van der Waals surface area contributed by atoms with E-state index < -0.39 is 5.97 Å². The molecule has 1 aromatic rings. The summed E-state index contributed by atoms with van der Waals surface area (Å²) in [6, 6.07) is 2.89. The van der Waals surface area contributed by atoms with Gasteiger partial charge >= 0.3 is 5.97 Å². The highest BCUT2D eigenvalue weighted by Gasteiger charge is 2.09. The summed E-state index contributed by atoms with van der Waals surface area (Å²) in [5.74, 6) is -0.937. The molecule has 0 unspecified atom stereocenters. The maximum atomic E-state index is 11.4. The van der Waals surface area contributed by atoms with E-state index in [1.165, 1.54) is 12.1 Å². The lowest BCUT2D eigenvalue weighted by atomic mass is 10.3. The summed E-state index contributed by atoms with van der Waals surface area (Å²) in [6.45, 7) is 3.30. The number of carbonyl (C=O) groups is 2. The third-order valence-electron chi connectivity index (χ3n) is 2.23. The van der Waals surface area contributed by atoms with Gasteiger partial charge in [-0.1, -0.05) is 0 Å². The average molecular weight is 255 g/mol. The van der Waals surface area contributed by atoms with Crippen LogP contribution in [0.3, 0.4) is 0 Å². The largest absolute Gasteiger partial charge is 0.475 e. The SMILES string of the molecule is CCOCCCC(=O)NCc1ccc(C(=O)O)o1. The number of amides is 1. The molecule has 2 N–H and O–H groups in total. The lowest BCUT2D eigenvalue weighted by molar-refractivity contribution is -0.121. The molecule has 0 fully saturated rings. The highest BCUT2D eigenvalue weighted by atomic mass is 16.5. The number of ether oxygens (including phenoxy) is 1. The van der Waals surface area contributed by atoms with Gasteiger partial charge in [0.05, 0.1) is 6.54 Å². The Hall–Kier alpha value is -1.82. The first-order chi connectivity index (χ1) is 8.63. The van der Waals surface area contributed by atoms with Crippen molar-refractivity contribution < 1.29 is 23.8 Å². The predicted octanol–water partition coefficient (Wildman–Crippen LogP) is 1.41. The van der Waals surface area contributed by atoms with Crippen LogP contribution in [-0.4, -0.2) is 30.2 Å². The van der Waals surface area contributed by atoms with E-state index in [0.717, 1.165) is 0 Å². The van der Waals surface area contributed by atoms with Crippen LogP contribution >= 0.6 is 0 Å². The Morgan fingerprint density at radius 3 is 2.83 bits per heavy atom. The quantitative estimate of drug-likeness (QED) is 0.685. The molecule has 18 heavy (non-hydrogen) atoms. The van der Waals surface area contributed by atoms with Crippen LogP contribution in [0.1, 0.15) is 36.1 Å². The van der Waals surface area contributed by atoms with Gasteiger partial charge < -0.3 is 19.6 Å². The van der Waals surface area contributed by atoms with E-state index >= 15 is 0 Å². The van der Waals surface area contributed by atoms with Crippen molar-refractivity contribution in [2.24, 2.45) is 0 Å². The van der Waals surface area contributed by atoms with Crippen LogP contribution in [-0.2, 0) is 16.1 Å². The van der Waals surface area contributed by atoms with Crippen LogP contribution in [0, 0.1) is 0 Å². The molecule has 0 aliphatic heterocycles. The van der Waals surface area contributed by atoms with Crippen LogP contribution in [0.5, 0.6) is 0 Å². The van der Waals surface area contributed by atoms with E-state index in [1.807, 2.05) is 6.92 Å². The van der Waals surface area contributed by atoms with E-state index in [1.54, 1.807) is 0 Å². The van der Waals surface area contributed by atoms with E-state index in [0.29, 0.717) is 31.8 Å². The zero-order valence-corrected chi connectivity index (χ0v) is 10.3. The molecule has 0 aromatic carbocycles. The Balaban J connectivity index is 2.23. The van der Waals surface area contributed by atoms with E-state index in [-0.39, 0.29) is 18.2 Å². The van der Waals surface area contributed by atoms with Gasteiger partial charge in [-0.15, -0.1) is 0 Å². The Kier molecular flexibility index (Phi) is 5.93. The summed E-state index contributed by atoms with van der Waals surface area (Å²) in [7, 11) is 0. The van der Waals surface area contributed by atoms with Crippen molar-refractivity contribution in [3.05, 3.63) is 23.7 Å². The van der Waals surface area contributed by atoms with Gasteiger partial charge in [0, 0.05) is 19.6 Å². The molecule has 6 nitrogen and oxygen atoms in total. The maximum Gasteiger partial charge on any atom is 0.371 e. The number of rotatable bonds is 8. The topological polar surface area (TPSA) is 88.8 Å². The van der Waals surface area contributed by atoms with E-state index in [4.69, 9.17) is 14.3 Å². The van der Waals surface area contributed by atoms with Gasteiger partial charge in [-0.05, 0) is 25.5 Å². The number of hydrogen-bond acceptors (Lipinski definition) is 4. The molecule has 0 aliphatic carbocycles. The Labute approximate surface area is 105 Å². The Morgan fingerprint density at radius 1 is 1.44 bits per heavy atom. The first-order valence-corrected chi connectivity index (χ1v) is 5.80. The first-order valence-electron chi connectivity index (χ1n) is 5.80. The molecule has 1 amide bonds. The van der Waals surface area contributed by atoms with Crippen LogP contribution in [0.25, 0.3) is 0 Å². The van der Waals surface area contributed by atoms with Gasteiger partial charge in [-0.2, -0.15) is 0 Å². The number of aromatic carboxylic acids is 1. The molecule has 1 rings (SSSR count). The molecular formula is C12H17NO5. The molecule has 6 heteroatoms. The normalized spacial score (nSPS) is 10.3. The highest BCUT2D eigenvalue weighted by Crippen LogP contribution is 2.07. The number of carbonyl (C=O) groups excluding carboxylic acids is 1. The lowest BCUT2D eigenvalue weighted by Crippen LogP contribution is -2.22. The van der Waals surface area contributed by atoms with Crippen molar-refractivity contribution in [1.82, 2.24) is 5.32 Å². The summed E-state index contributed by atoms with van der Waals surface area (Å²) in [4.78, 5) is 22.0. The van der Waals surface area contributed by atoms with E-state index in [9.17, 15) is 9.59 Å². The Bertz CT molecular complexity index is 399. The number of carboxylic acids is 1. The van der Waals surface area contributed by atoms with Crippen molar-refractivity contribution in [2.45, 2.75) is 26.3 Å². The van der Waals surface area contributed by atoms with Gasteiger partial charge in [0.15, 0.2) is 0 Å². The number of nitrogens with one attached hydrogen (secondary N) is 1. The smallest absolute Gasteiger partial charge is 0.371 e. The van der Waals surface area contributed by atoms with Crippen LogP contribution in [0.4, 0.5) is 0 Å². The second kappa shape index (κ2) is 7.50. The molecule has 1 heterocycles. The monoisotopic (exact) mass is 255 g/mol. The Morgan fingerprint density at radius 2 is 2.22 bits per heavy atom. The fourth-order valence-electron chi connectivity index (χ4n) is 1.34. The van der Waals surface area contributed by atoms with Gasteiger partial charge in [0.25, 0.3) is 0 Å². The lowest BCUT2D eigenvalue weighted by Gasteiger charge is -2.03. The molecule has 0 atom stereocenters. The van der Waals surface area contributed by atoms with Crippen molar-refractivity contribution >= 4 is 11.9 Å². The molecule has 1 aromatic heterocycles. The summed E-state index contributed by atoms with van der Waals surface area (Å²) in [6.07, 6.45) is 1.05. The second-order valence-corrected chi connectivity index (χ2v) is 3.65. The van der Waals surface area contributed by atoms with Crippen LogP contribution in [0.2, 0.25) is 0 Å². The summed E-state index contributed by atoms with van der Waals surface area (Å²) in [5, 5.41) is 11.3. The van der Waals surface area contributed by atoms with Crippen molar-refractivity contribution in [1.29, 1.82) is 0 Å². The first kappa shape index (κ1) is 14.2. The van der Waals surface area contributed by atoms with Crippen molar-refractivity contribution in [2.75, 3.05) is 13.2 Å². The summed E-state index contributed by atoms with van der Waals surface area (Å²) in [5.41, 5.74) is 0. The number of carboxylic acid groups (broad SMARTS) is 1. The van der Waals surface area contributed by atoms with Gasteiger partial charge in [0.1, 0.15) is 5.76 Å². The molecular weight excluding hydrogens is 238 g/mol. The minimum Gasteiger partial charge on any atom is -0.475 e. The predicted molar refractivity (Wildman–Crippen MR) is 63.2 cm³/mol. The minimum absolute atomic E-state index is 0.108. The van der Waals surface area contributed by atoms with Crippen molar-refractivity contribution in [3.63, 3.8) is 0 Å². The number of hydrogen-bond donors (Lipinski definition) is 2. The highest BCUT2D eigenvalue weighted by molar-refractivity contribution is 5.84. The summed E-state index contributed by atoms with van der Waals surface area (Å²) < 4.78 is 10.1. The zero-order valence-electron chi connectivity index (χ0n) is 10.3. The third-order valence-corrected chi connectivity index (χ3v) is 2.23. The van der Waals surface area contributed by atoms with Crippen LogP contribution in [0.15, 0.2) is 16.5 Å². The van der Waals surface area contributed by atoms with Gasteiger partial charge in [-0.25, -0.2) is 4.79 Å². The molecule has 0 spiro atoms. The second-order valence-electron chi connectivity index (χ2n) is 3.65. The minimum atomic E-state index is -1.12. The molecule has 0 bridgehead atoms. The fourth-order valence-corrected chi connectivity index (χ4v) is 1.34. The van der Waals surface area contributed by atoms with Gasteiger partial charge in [-0.3, -0.25) is 4.79 Å². The van der Waals surface area contributed by atoms with Crippen LogP contribution < -0.4 is 5.32 Å². The molecule has 100 valence electrons. The maximum absolute atomic E-state index is 11.4. The third kappa shape index (κ3) is 5.01. The van der Waals surface area contributed by atoms with Gasteiger partial charge in [0.2, 0.25) is 11.7 Å². The number of furan rings is 1. The molecule has 0 aliphatic rings. The van der Waals surface area contributed by atoms with Crippen molar-refractivity contribution in [3.8, 4) is 0 Å². The fraction of sp³-hybridized carbons (Fsp3) is 0.500.